The highest BCUT2D eigenvalue weighted by Gasteiger charge is 2.19. The molecule has 0 saturated heterocycles. The molecule has 3 rings (SSSR count). The molecule has 0 aliphatic rings. The predicted octanol–water partition coefficient (Wildman–Crippen LogP) is 6.28. The number of rotatable bonds is 2. The predicted molar refractivity (Wildman–Crippen MR) is 91.6 cm³/mol. The van der Waals surface area contributed by atoms with E-state index in [9.17, 15) is 9.50 Å². The minimum Gasteiger partial charge on any atom is -0.507 e. The number of phenols is 1. The molecule has 22 heavy (non-hydrogen) atoms. The summed E-state index contributed by atoms with van der Waals surface area (Å²) in [6.07, 6.45) is 0. The van der Waals surface area contributed by atoms with Gasteiger partial charge in [-0.3, -0.25) is 0 Å². The van der Waals surface area contributed by atoms with Crippen LogP contribution in [0, 0.1) is 5.82 Å². The van der Waals surface area contributed by atoms with Crippen molar-refractivity contribution in [2.75, 3.05) is 0 Å². The van der Waals surface area contributed by atoms with Gasteiger partial charge in [-0.25, -0.2) is 4.39 Å². The fraction of sp³-hybridized carbons (Fsp3) is 0. The van der Waals surface area contributed by atoms with Gasteiger partial charge in [0, 0.05) is 15.6 Å². The molecule has 0 spiro atoms. The van der Waals surface area contributed by atoms with Crippen LogP contribution in [0.2, 0.25) is 5.02 Å². The van der Waals surface area contributed by atoms with Crippen molar-refractivity contribution in [3.63, 3.8) is 0 Å². The van der Waals surface area contributed by atoms with Crippen molar-refractivity contribution in [3.05, 3.63) is 76.0 Å². The third-order valence-electron chi connectivity index (χ3n) is 3.38. The number of benzene rings is 3. The van der Waals surface area contributed by atoms with E-state index in [1.54, 1.807) is 12.1 Å². The van der Waals surface area contributed by atoms with Crippen LogP contribution in [0.1, 0.15) is 0 Å². The van der Waals surface area contributed by atoms with Crippen molar-refractivity contribution in [2.45, 2.75) is 0 Å². The average Bonchev–Trinajstić information content (AvgIpc) is 2.49. The summed E-state index contributed by atoms with van der Waals surface area (Å²) in [5.41, 5.74) is 2.17. The van der Waals surface area contributed by atoms with Crippen LogP contribution in [0.25, 0.3) is 22.3 Å². The first-order chi connectivity index (χ1) is 10.6. The molecule has 0 radical (unpaired) electrons. The maximum absolute atomic E-state index is 14.3. The van der Waals surface area contributed by atoms with Crippen LogP contribution >= 0.6 is 27.5 Å². The molecule has 0 heterocycles. The molecular formula is C18H11BrClFO. The van der Waals surface area contributed by atoms with E-state index in [4.69, 9.17) is 11.6 Å². The number of phenolic OH excluding ortho intramolecular Hbond substituents is 1. The van der Waals surface area contributed by atoms with Gasteiger partial charge in [-0.15, -0.1) is 0 Å². The Morgan fingerprint density at radius 1 is 0.909 bits per heavy atom. The van der Waals surface area contributed by atoms with Crippen molar-refractivity contribution in [3.8, 4) is 28.0 Å². The van der Waals surface area contributed by atoms with Gasteiger partial charge >= 0.3 is 0 Å². The molecule has 0 amide bonds. The smallest absolute Gasteiger partial charge is 0.132 e. The summed E-state index contributed by atoms with van der Waals surface area (Å²) in [7, 11) is 0. The molecule has 0 aromatic heterocycles. The van der Waals surface area contributed by atoms with Crippen LogP contribution in [-0.4, -0.2) is 5.11 Å². The van der Waals surface area contributed by atoms with Gasteiger partial charge in [-0.05, 0) is 35.4 Å². The first-order valence-corrected chi connectivity index (χ1v) is 7.77. The molecule has 0 fully saturated rings. The highest BCUT2D eigenvalue weighted by molar-refractivity contribution is 9.10. The van der Waals surface area contributed by atoms with Gasteiger partial charge in [-0.2, -0.15) is 0 Å². The Bertz CT molecular complexity index is 814. The van der Waals surface area contributed by atoms with Gasteiger partial charge in [-0.1, -0.05) is 63.9 Å². The van der Waals surface area contributed by atoms with Crippen LogP contribution in [-0.2, 0) is 0 Å². The number of hydrogen-bond acceptors (Lipinski definition) is 1. The second kappa shape index (κ2) is 6.11. The Morgan fingerprint density at radius 2 is 1.64 bits per heavy atom. The molecule has 1 nitrogen and oxygen atoms in total. The summed E-state index contributed by atoms with van der Waals surface area (Å²) in [4.78, 5) is 0. The molecule has 1 N–H and O–H groups in total. The van der Waals surface area contributed by atoms with Crippen molar-refractivity contribution in [2.24, 2.45) is 0 Å². The quantitative estimate of drug-likeness (QED) is 0.557. The summed E-state index contributed by atoms with van der Waals surface area (Å²) in [6.45, 7) is 0. The Labute approximate surface area is 141 Å². The van der Waals surface area contributed by atoms with E-state index in [0.717, 1.165) is 5.56 Å². The van der Waals surface area contributed by atoms with Crippen molar-refractivity contribution in [1.82, 2.24) is 0 Å². The normalized spacial score (nSPS) is 10.7. The Hall–Kier alpha value is -1.84. The standard InChI is InChI=1S/C18H11BrClFO/c19-12-9-13(11-5-2-1-3-6-11)17(16(22)10-12)18-14(20)7-4-8-15(18)21/h1-10,22H. The largest absolute Gasteiger partial charge is 0.507 e. The Morgan fingerprint density at radius 3 is 2.32 bits per heavy atom. The molecule has 0 aliphatic heterocycles. The SMILES string of the molecule is Oc1cc(Br)cc(-c2ccccc2)c1-c1c(F)cccc1Cl. The van der Waals surface area contributed by atoms with Gasteiger partial charge in [0.2, 0.25) is 0 Å². The van der Waals surface area contributed by atoms with Crippen molar-refractivity contribution < 1.29 is 9.50 Å². The van der Waals surface area contributed by atoms with E-state index in [0.29, 0.717) is 15.6 Å². The van der Waals surface area contributed by atoms with Gasteiger partial charge in [0.05, 0.1) is 5.02 Å². The molecular weight excluding hydrogens is 367 g/mol. The summed E-state index contributed by atoms with van der Waals surface area (Å²) in [5.74, 6) is -0.498. The van der Waals surface area contributed by atoms with Crippen molar-refractivity contribution in [1.29, 1.82) is 0 Å². The van der Waals surface area contributed by atoms with Crippen LogP contribution < -0.4 is 0 Å². The highest BCUT2D eigenvalue weighted by atomic mass is 79.9. The average molecular weight is 378 g/mol. The number of aromatic hydroxyl groups is 1. The summed E-state index contributed by atoms with van der Waals surface area (Å²) in [6, 6.07) is 17.3. The van der Waals surface area contributed by atoms with Crippen LogP contribution in [0.15, 0.2) is 65.1 Å². The van der Waals surface area contributed by atoms with Gasteiger partial charge in [0.15, 0.2) is 0 Å². The van der Waals surface area contributed by atoms with E-state index in [-0.39, 0.29) is 16.3 Å². The Kier molecular flexibility index (Phi) is 4.19. The number of hydrogen-bond donors (Lipinski definition) is 1. The fourth-order valence-corrected chi connectivity index (χ4v) is 3.14. The minimum atomic E-state index is -0.470. The molecule has 0 saturated carbocycles. The maximum atomic E-state index is 14.3. The zero-order valence-electron chi connectivity index (χ0n) is 11.4. The third-order valence-corrected chi connectivity index (χ3v) is 4.15. The molecule has 110 valence electrons. The summed E-state index contributed by atoms with van der Waals surface area (Å²) >= 11 is 9.54. The molecule has 0 unspecified atom stereocenters. The Balaban J connectivity index is 2.37. The molecule has 0 bridgehead atoms. The first kappa shape index (κ1) is 15.1. The van der Waals surface area contributed by atoms with E-state index in [2.05, 4.69) is 15.9 Å². The maximum Gasteiger partial charge on any atom is 0.132 e. The molecule has 4 heteroatoms. The second-order valence-electron chi connectivity index (χ2n) is 4.81. The molecule has 3 aromatic rings. The van der Waals surface area contributed by atoms with E-state index >= 15 is 0 Å². The molecule has 0 aliphatic carbocycles. The lowest BCUT2D eigenvalue weighted by molar-refractivity contribution is 0.476. The first-order valence-electron chi connectivity index (χ1n) is 6.60. The topological polar surface area (TPSA) is 20.2 Å². The van der Waals surface area contributed by atoms with Crippen LogP contribution in [0.5, 0.6) is 5.75 Å². The fourth-order valence-electron chi connectivity index (χ4n) is 2.44. The van der Waals surface area contributed by atoms with Crippen molar-refractivity contribution >= 4 is 27.5 Å². The van der Waals surface area contributed by atoms with Crippen LogP contribution in [0.4, 0.5) is 4.39 Å². The molecule has 3 aromatic carbocycles. The number of halogens is 3. The lowest BCUT2D eigenvalue weighted by Crippen LogP contribution is -1.91. The van der Waals surface area contributed by atoms with Crippen LogP contribution in [0.3, 0.4) is 0 Å². The van der Waals surface area contributed by atoms with Gasteiger partial charge < -0.3 is 5.11 Å². The second-order valence-corrected chi connectivity index (χ2v) is 6.13. The van der Waals surface area contributed by atoms with E-state index in [1.807, 2.05) is 36.4 Å². The van der Waals surface area contributed by atoms with Gasteiger partial charge in [0.1, 0.15) is 11.6 Å². The van der Waals surface area contributed by atoms with Gasteiger partial charge in [0.25, 0.3) is 0 Å². The lowest BCUT2D eigenvalue weighted by Gasteiger charge is -2.15. The third kappa shape index (κ3) is 2.74. The molecule has 0 atom stereocenters. The highest BCUT2D eigenvalue weighted by Crippen LogP contribution is 2.44. The minimum absolute atomic E-state index is 0.0276. The zero-order valence-corrected chi connectivity index (χ0v) is 13.7. The van der Waals surface area contributed by atoms with E-state index < -0.39 is 5.82 Å². The summed E-state index contributed by atoms with van der Waals surface area (Å²) in [5, 5.41) is 10.6. The summed E-state index contributed by atoms with van der Waals surface area (Å²) < 4.78 is 15.0. The zero-order chi connectivity index (χ0) is 15.7. The lowest BCUT2D eigenvalue weighted by atomic mass is 9.93. The monoisotopic (exact) mass is 376 g/mol. The van der Waals surface area contributed by atoms with E-state index in [1.165, 1.54) is 12.1 Å².